The SMILES string of the molecule is N#Cc1c(F)cccc1C1(O)CC2CCC(C1)O2. The second-order valence-corrected chi connectivity index (χ2v) is 5.17. The van der Waals surface area contributed by atoms with Crippen LogP contribution in [-0.4, -0.2) is 17.3 Å². The molecule has 0 amide bonds. The molecular weight excluding hydrogens is 233 g/mol. The van der Waals surface area contributed by atoms with Crippen molar-refractivity contribution in [1.29, 1.82) is 5.26 Å². The zero-order valence-electron chi connectivity index (χ0n) is 9.90. The molecule has 2 aliphatic heterocycles. The van der Waals surface area contributed by atoms with Crippen LogP contribution in [0.15, 0.2) is 18.2 Å². The minimum atomic E-state index is -1.13. The molecule has 1 aromatic carbocycles. The molecule has 94 valence electrons. The monoisotopic (exact) mass is 247 g/mol. The fraction of sp³-hybridized carbons (Fsp3) is 0.500. The Morgan fingerprint density at radius 2 is 2.00 bits per heavy atom. The van der Waals surface area contributed by atoms with Crippen molar-refractivity contribution < 1.29 is 14.2 Å². The number of rotatable bonds is 1. The van der Waals surface area contributed by atoms with E-state index in [0.29, 0.717) is 18.4 Å². The fourth-order valence-corrected chi connectivity index (χ4v) is 3.16. The lowest BCUT2D eigenvalue weighted by Crippen LogP contribution is -2.39. The second-order valence-electron chi connectivity index (χ2n) is 5.17. The third-order valence-corrected chi connectivity index (χ3v) is 3.95. The van der Waals surface area contributed by atoms with Crippen molar-refractivity contribution in [3.63, 3.8) is 0 Å². The molecule has 0 aromatic heterocycles. The lowest BCUT2D eigenvalue weighted by atomic mass is 9.81. The second kappa shape index (κ2) is 4.04. The number of hydrogen-bond donors (Lipinski definition) is 1. The maximum Gasteiger partial charge on any atom is 0.141 e. The molecule has 2 atom stereocenters. The number of ether oxygens (including phenoxy) is 1. The van der Waals surface area contributed by atoms with Gasteiger partial charge in [-0.15, -0.1) is 0 Å². The van der Waals surface area contributed by atoms with E-state index in [-0.39, 0.29) is 17.8 Å². The Balaban J connectivity index is 2.04. The minimum absolute atomic E-state index is 0.0311. The van der Waals surface area contributed by atoms with E-state index in [2.05, 4.69) is 0 Å². The number of halogens is 1. The molecule has 2 saturated heterocycles. The Morgan fingerprint density at radius 1 is 1.33 bits per heavy atom. The van der Waals surface area contributed by atoms with Crippen molar-refractivity contribution in [3.8, 4) is 6.07 Å². The van der Waals surface area contributed by atoms with Crippen LogP contribution in [0.2, 0.25) is 0 Å². The Kier molecular flexibility index (Phi) is 2.61. The quantitative estimate of drug-likeness (QED) is 0.828. The number of benzene rings is 1. The highest BCUT2D eigenvalue weighted by Crippen LogP contribution is 2.44. The molecule has 1 aromatic rings. The summed E-state index contributed by atoms with van der Waals surface area (Å²) in [6.07, 6.45) is 2.82. The molecule has 1 N–H and O–H groups in total. The van der Waals surface area contributed by atoms with Gasteiger partial charge in [-0.3, -0.25) is 0 Å². The molecule has 3 rings (SSSR count). The lowest BCUT2D eigenvalue weighted by Gasteiger charge is -2.37. The summed E-state index contributed by atoms with van der Waals surface area (Å²) in [6.45, 7) is 0. The highest BCUT2D eigenvalue weighted by molar-refractivity contribution is 5.42. The van der Waals surface area contributed by atoms with Gasteiger partial charge in [-0.25, -0.2) is 4.39 Å². The van der Waals surface area contributed by atoms with Gasteiger partial charge in [0.1, 0.15) is 11.9 Å². The third-order valence-electron chi connectivity index (χ3n) is 3.95. The van der Waals surface area contributed by atoms with Gasteiger partial charge in [0.05, 0.1) is 23.4 Å². The molecule has 2 aliphatic rings. The van der Waals surface area contributed by atoms with Crippen LogP contribution >= 0.6 is 0 Å². The van der Waals surface area contributed by atoms with Crippen molar-refractivity contribution in [1.82, 2.24) is 0 Å². The summed E-state index contributed by atoms with van der Waals surface area (Å²) < 4.78 is 19.3. The van der Waals surface area contributed by atoms with Crippen molar-refractivity contribution in [2.24, 2.45) is 0 Å². The van der Waals surface area contributed by atoms with E-state index in [1.165, 1.54) is 6.07 Å². The number of hydrogen-bond acceptors (Lipinski definition) is 3. The lowest BCUT2D eigenvalue weighted by molar-refractivity contribution is -0.115. The summed E-state index contributed by atoms with van der Waals surface area (Å²) in [7, 11) is 0. The molecule has 0 spiro atoms. The zero-order chi connectivity index (χ0) is 12.8. The molecule has 3 nitrogen and oxygen atoms in total. The summed E-state index contributed by atoms with van der Waals surface area (Å²) >= 11 is 0. The average molecular weight is 247 g/mol. The summed E-state index contributed by atoms with van der Waals surface area (Å²) in [6, 6.07) is 6.30. The molecule has 2 unspecified atom stereocenters. The van der Waals surface area contributed by atoms with Gasteiger partial charge in [0, 0.05) is 18.4 Å². The van der Waals surface area contributed by atoms with E-state index in [4.69, 9.17) is 10.00 Å². The average Bonchev–Trinajstić information content (AvgIpc) is 2.69. The van der Waals surface area contributed by atoms with Crippen LogP contribution in [0, 0.1) is 17.1 Å². The first-order valence-corrected chi connectivity index (χ1v) is 6.19. The van der Waals surface area contributed by atoms with E-state index < -0.39 is 11.4 Å². The number of nitriles is 1. The van der Waals surface area contributed by atoms with E-state index in [9.17, 15) is 9.50 Å². The van der Waals surface area contributed by atoms with E-state index in [1.54, 1.807) is 12.1 Å². The first-order chi connectivity index (χ1) is 8.62. The Hall–Kier alpha value is -1.44. The van der Waals surface area contributed by atoms with Gasteiger partial charge < -0.3 is 9.84 Å². The van der Waals surface area contributed by atoms with Crippen molar-refractivity contribution in [3.05, 3.63) is 35.1 Å². The van der Waals surface area contributed by atoms with Crippen LogP contribution in [-0.2, 0) is 10.3 Å². The van der Waals surface area contributed by atoms with Gasteiger partial charge in [0.15, 0.2) is 0 Å². The number of fused-ring (bicyclic) bond motifs is 2. The highest BCUT2D eigenvalue weighted by Gasteiger charge is 2.45. The smallest absolute Gasteiger partial charge is 0.141 e. The predicted octanol–water partition coefficient (Wildman–Crippen LogP) is 2.23. The summed E-state index contributed by atoms with van der Waals surface area (Å²) in [5.41, 5.74) is -0.761. The Morgan fingerprint density at radius 3 is 2.61 bits per heavy atom. The van der Waals surface area contributed by atoms with Gasteiger partial charge in [-0.05, 0) is 18.9 Å². The molecule has 0 aliphatic carbocycles. The molecule has 4 heteroatoms. The highest BCUT2D eigenvalue weighted by atomic mass is 19.1. The van der Waals surface area contributed by atoms with Gasteiger partial charge >= 0.3 is 0 Å². The fourth-order valence-electron chi connectivity index (χ4n) is 3.16. The third kappa shape index (κ3) is 1.71. The molecular formula is C14H14FNO2. The van der Waals surface area contributed by atoms with Crippen LogP contribution in [0.25, 0.3) is 0 Å². The van der Waals surface area contributed by atoms with E-state index in [1.807, 2.05) is 6.07 Å². The van der Waals surface area contributed by atoms with E-state index >= 15 is 0 Å². The standard InChI is InChI=1S/C14H14FNO2/c15-13-3-1-2-12(11(13)8-16)14(17)6-9-4-5-10(7-14)18-9/h1-3,9-10,17H,4-7H2. The zero-order valence-corrected chi connectivity index (χ0v) is 9.90. The first-order valence-electron chi connectivity index (χ1n) is 6.19. The normalized spacial score (nSPS) is 34.3. The Bertz CT molecular complexity index is 511. The van der Waals surface area contributed by atoms with Crippen LogP contribution in [0.4, 0.5) is 4.39 Å². The van der Waals surface area contributed by atoms with Gasteiger partial charge in [0.2, 0.25) is 0 Å². The minimum Gasteiger partial charge on any atom is -0.385 e. The molecule has 0 saturated carbocycles. The number of nitrogens with zero attached hydrogens (tertiary/aromatic N) is 1. The molecule has 2 heterocycles. The van der Waals surface area contributed by atoms with Crippen LogP contribution in [0.3, 0.4) is 0 Å². The number of aliphatic hydroxyl groups is 1. The summed E-state index contributed by atoms with van der Waals surface area (Å²) in [5.74, 6) is -0.567. The molecule has 0 radical (unpaired) electrons. The van der Waals surface area contributed by atoms with Crippen LogP contribution in [0.5, 0.6) is 0 Å². The van der Waals surface area contributed by atoms with Crippen LogP contribution < -0.4 is 0 Å². The maximum absolute atomic E-state index is 13.6. The Labute approximate surface area is 105 Å². The van der Waals surface area contributed by atoms with Crippen molar-refractivity contribution in [2.45, 2.75) is 43.5 Å². The van der Waals surface area contributed by atoms with Gasteiger partial charge in [0.25, 0.3) is 0 Å². The molecule has 2 fully saturated rings. The van der Waals surface area contributed by atoms with E-state index in [0.717, 1.165) is 12.8 Å². The van der Waals surface area contributed by atoms with Crippen LogP contribution in [0.1, 0.15) is 36.8 Å². The topological polar surface area (TPSA) is 53.2 Å². The first kappa shape index (κ1) is 11.6. The summed E-state index contributed by atoms with van der Waals surface area (Å²) in [5, 5.41) is 19.8. The predicted molar refractivity (Wildman–Crippen MR) is 62.1 cm³/mol. The maximum atomic E-state index is 13.6. The van der Waals surface area contributed by atoms with Gasteiger partial charge in [-0.1, -0.05) is 12.1 Å². The largest absolute Gasteiger partial charge is 0.385 e. The van der Waals surface area contributed by atoms with Gasteiger partial charge in [-0.2, -0.15) is 5.26 Å². The molecule has 18 heavy (non-hydrogen) atoms. The van der Waals surface area contributed by atoms with Crippen molar-refractivity contribution >= 4 is 0 Å². The van der Waals surface area contributed by atoms with Crippen molar-refractivity contribution in [2.75, 3.05) is 0 Å². The molecule has 2 bridgehead atoms. The summed E-state index contributed by atoms with van der Waals surface area (Å²) in [4.78, 5) is 0.